The minimum atomic E-state index is -0.925. The number of carbonyl (C=O) groups excluding carboxylic acids is 1. The Morgan fingerprint density at radius 2 is 2.04 bits per heavy atom. The number of aliphatic carboxylic acids is 1. The molecule has 1 aromatic carbocycles. The van der Waals surface area contributed by atoms with Crippen LogP contribution in [0.4, 0.5) is 0 Å². The predicted molar refractivity (Wildman–Crippen MR) is 87.8 cm³/mol. The number of amides is 1. The number of hydrogen-bond donors (Lipinski definition) is 2. The fourth-order valence-electron chi connectivity index (χ4n) is 2.43. The molecule has 2 unspecified atom stereocenters. The Morgan fingerprint density at radius 1 is 1.30 bits per heavy atom. The van der Waals surface area contributed by atoms with E-state index in [2.05, 4.69) is 5.32 Å². The molecule has 0 fully saturated rings. The Balaban J connectivity index is 1.83. The molecular formula is C17H17NO4S. The lowest BCUT2D eigenvalue weighted by Gasteiger charge is -2.17. The van der Waals surface area contributed by atoms with Crippen molar-refractivity contribution >= 4 is 23.2 Å². The van der Waals surface area contributed by atoms with Gasteiger partial charge in [-0.3, -0.25) is 9.59 Å². The van der Waals surface area contributed by atoms with Gasteiger partial charge < -0.3 is 15.2 Å². The average Bonchev–Trinajstić information content (AvgIpc) is 2.98. The molecule has 1 aromatic heterocycles. The van der Waals surface area contributed by atoms with Crippen molar-refractivity contribution in [3.63, 3.8) is 0 Å². The molecule has 23 heavy (non-hydrogen) atoms. The van der Waals surface area contributed by atoms with Crippen LogP contribution in [0.15, 0.2) is 30.3 Å². The Hall–Kier alpha value is -2.34. The fraction of sp³-hybridized carbons (Fsp3) is 0.294. The summed E-state index contributed by atoms with van der Waals surface area (Å²) in [7, 11) is 0. The van der Waals surface area contributed by atoms with Crippen LogP contribution in [0.3, 0.4) is 0 Å². The van der Waals surface area contributed by atoms with Crippen molar-refractivity contribution in [2.45, 2.75) is 26.5 Å². The molecule has 0 spiro atoms. The van der Waals surface area contributed by atoms with Crippen molar-refractivity contribution in [3.8, 4) is 16.2 Å². The molecule has 2 heterocycles. The van der Waals surface area contributed by atoms with Crippen LogP contribution in [0.2, 0.25) is 0 Å². The molecule has 0 saturated carbocycles. The highest BCUT2D eigenvalue weighted by Crippen LogP contribution is 2.42. The van der Waals surface area contributed by atoms with Crippen molar-refractivity contribution in [2.24, 2.45) is 5.92 Å². The van der Waals surface area contributed by atoms with Gasteiger partial charge in [-0.25, -0.2) is 0 Å². The summed E-state index contributed by atoms with van der Waals surface area (Å²) >= 11 is 1.41. The van der Waals surface area contributed by atoms with Crippen LogP contribution in [-0.4, -0.2) is 23.0 Å². The highest BCUT2D eigenvalue weighted by Gasteiger charge is 2.25. The third-order valence-electron chi connectivity index (χ3n) is 4.05. The number of para-hydroxylation sites is 1. The molecule has 120 valence electrons. The Kier molecular flexibility index (Phi) is 4.09. The molecular weight excluding hydrogens is 314 g/mol. The molecule has 6 heteroatoms. The standard InChI is InChI=1S/C17H17NO4S/c1-9(17(20)21)10(2)18-16(19)14-7-11-8-22-13-6-4-3-5-12(13)15(11)23-14/h3-7,9-10H,8H2,1-2H3,(H,18,19)(H,20,21). The van der Waals surface area contributed by atoms with Crippen LogP contribution < -0.4 is 10.1 Å². The number of thiophene rings is 1. The number of carboxylic acids is 1. The molecule has 0 aliphatic carbocycles. The monoisotopic (exact) mass is 331 g/mol. The number of carbonyl (C=O) groups is 2. The zero-order chi connectivity index (χ0) is 16.6. The van der Waals surface area contributed by atoms with E-state index in [-0.39, 0.29) is 5.91 Å². The fourth-order valence-corrected chi connectivity index (χ4v) is 3.53. The van der Waals surface area contributed by atoms with Gasteiger partial charge >= 0.3 is 5.97 Å². The van der Waals surface area contributed by atoms with E-state index in [1.807, 2.05) is 30.3 Å². The van der Waals surface area contributed by atoms with Crippen molar-refractivity contribution < 1.29 is 19.4 Å². The number of ether oxygens (including phenoxy) is 1. The van der Waals surface area contributed by atoms with E-state index in [1.165, 1.54) is 11.3 Å². The van der Waals surface area contributed by atoms with E-state index in [9.17, 15) is 9.59 Å². The minimum absolute atomic E-state index is 0.248. The lowest BCUT2D eigenvalue weighted by Crippen LogP contribution is -2.39. The van der Waals surface area contributed by atoms with E-state index >= 15 is 0 Å². The molecule has 1 aliphatic rings. The minimum Gasteiger partial charge on any atom is -0.488 e. The van der Waals surface area contributed by atoms with Crippen LogP contribution in [0.1, 0.15) is 29.1 Å². The molecule has 0 saturated heterocycles. The van der Waals surface area contributed by atoms with Gasteiger partial charge in [0.05, 0.1) is 10.8 Å². The second kappa shape index (κ2) is 6.04. The first-order valence-corrected chi connectivity index (χ1v) is 8.17. The summed E-state index contributed by atoms with van der Waals surface area (Å²) in [4.78, 5) is 25.0. The van der Waals surface area contributed by atoms with E-state index in [0.29, 0.717) is 11.5 Å². The van der Waals surface area contributed by atoms with E-state index in [1.54, 1.807) is 13.8 Å². The van der Waals surface area contributed by atoms with Crippen LogP contribution in [0.5, 0.6) is 5.75 Å². The van der Waals surface area contributed by atoms with Gasteiger partial charge in [-0.05, 0) is 32.0 Å². The van der Waals surface area contributed by atoms with Crippen LogP contribution in [0.25, 0.3) is 10.4 Å². The van der Waals surface area contributed by atoms with Gasteiger partial charge in [0.25, 0.3) is 5.91 Å². The molecule has 0 radical (unpaired) electrons. The molecule has 2 aromatic rings. The maximum atomic E-state index is 12.4. The van der Waals surface area contributed by atoms with Gasteiger partial charge in [-0.15, -0.1) is 11.3 Å². The summed E-state index contributed by atoms with van der Waals surface area (Å²) in [5, 5.41) is 11.8. The zero-order valence-electron chi connectivity index (χ0n) is 12.8. The van der Waals surface area contributed by atoms with Crippen molar-refractivity contribution in [2.75, 3.05) is 0 Å². The summed E-state index contributed by atoms with van der Waals surface area (Å²) in [6.45, 7) is 3.72. The Labute approximate surface area is 137 Å². The number of hydrogen-bond acceptors (Lipinski definition) is 4. The maximum Gasteiger partial charge on any atom is 0.308 e. The van der Waals surface area contributed by atoms with Gasteiger partial charge in [0.1, 0.15) is 12.4 Å². The van der Waals surface area contributed by atoms with Crippen molar-refractivity contribution in [3.05, 3.63) is 40.8 Å². The van der Waals surface area contributed by atoms with E-state index < -0.39 is 17.9 Å². The number of nitrogens with one attached hydrogen (secondary N) is 1. The summed E-state index contributed by atoms with van der Waals surface area (Å²) < 4.78 is 5.69. The highest BCUT2D eigenvalue weighted by atomic mass is 32.1. The molecule has 2 N–H and O–H groups in total. The van der Waals surface area contributed by atoms with E-state index in [4.69, 9.17) is 9.84 Å². The van der Waals surface area contributed by atoms with Gasteiger partial charge in [0, 0.05) is 22.0 Å². The second-order valence-corrected chi connectivity index (χ2v) is 6.69. The summed E-state index contributed by atoms with van der Waals surface area (Å²) in [5.41, 5.74) is 1.97. The quantitative estimate of drug-likeness (QED) is 0.902. The topological polar surface area (TPSA) is 75.6 Å². The van der Waals surface area contributed by atoms with Gasteiger partial charge in [-0.2, -0.15) is 0 Å². The van der Waals surface area contributed by atoms with Crippen molar-refractivity contribution in [1.82, 2.24) is 5.32 Å². The number of rotatable bonds is 4. The number of carboxylic acid groups (broad SMARTS) is 1. The predicted octanol–water partition coefficient (Wildman–Crippen LogP) is 3.15. The van der Waals surface area contributed by atoms with Gasteiger partial charge in [-0.1, -0.05) is 12.1 Å². The lowest BCUT2D eigenvalue weighted by atomic mass is 10.0. The Morgan fingerprint density at radius 3 is 2.78 bits per heavy atom. The first kappa shape index (κ1) is 15.6. The highest BCUT2D eigenvalue weighted by molar-refractivity contribution is 7.17. The molecule has 3 rings (SSSR count). The van der Waals surface area contributed by atoms with Crippen LogP contribution in [0, 0.1) is 5.92 Å². The molecule has 1 amide bonds. The average molecular weight is 331 g/mol. The largest absolute Gasteiger partial charge is 0.488 e. The normalized spacial score (nSPS) is 14.9. The van der Waals surface area contributed by atoms with Crippen LogP contribution >= 0.6 is 11.3 Å². The van der Waals surface area contributed by atoms with Gasteiger partial charge in [0.2, 0.25) is 0 Å². The number of fused-ring (bicyclic) bond motifs is 3. The molecule has 0 bridgehead atoms. The van der Waals surface area contributed by atoms with Gasteiger partial charge in [0.15, 0.2) is 0 Å². The second-order valence-electron chi connectivity index (χ2n) is 5.64. The summed E-state index contributed by atoms with van der Waals surface area (Å²) in [5.74, 6) is -0.993. The molecule has 5 nitrogen and oxygen atoms in total. The summed E-state index contributed by atoms with van der Waals surface area (Å²) in [6.07, 6.45) is 0. The SMILES string of the molecule is CC(NC(=O)c1cc2c(s1)-c1ccccc1OC2)C(C)C(=O)O. The maximum absolute atomic E-state index is 12.4. The molecule has 2 atom stereocenters. The van der Waals surface area contributed by atoms with E-state index in [0.717, 1.165) is 21.8 Å². The lowest BCUT2D eigenvalue weighted by molar-refractivity contribution is -0.141. The Bertz CT molecular complexity index is 768. The molecule has 1 aliphatic heterocycles. The third-order valence-corrected chi connectivity index (χ3v) is 5.26. The third kappa shape index (κ3) is 2.94. The summed E-state index contributed by atoms with van der Waals surface area (Å²) in [6, 6.07) is 9.12. The first-order valence-electron chi connectivity index (χ1n) is 7.36. The van der Waals surface area contributed by atoms with Crippen molar-refractivity contribution in [1.29, 1.82) is 0 Å². The first-order chi connectivity index (χ1) is 11.0. The number of benzene rings is 1. The zero-order valence-corrected chi connectivity index (χ0v) is 13.6. The van der Waals surface area contributed by atoms with Crippen LogP contribution in [-0.2, 0) is 11.4 Å². The smallest absolute Gasteiger partial charge is 0.308 e.